The number of methoxy groups -OCH3 is 1. The van der Waals surface area contributed by atoms with Crippen molar-refractivity contribution in [2.45, 2.75) is 84.1 Å². The second-order valence-electron chi connectivity index (χ2n) is 6.24. The van der Waals surface area contributed by atoms with E-state index in [1.54, 1.807) is 27.7 Å². The van der Waals surface area contributed by atoms with Crippen LogP contribution in [-0.4, -0.2) is 68.3 Å². The van der Waals surface area contributed by atoms with Crippen LogP contribution in [0.4, 0.5) is 0 Å². The van der Waals surface area contributed by atoms with E-state index in [2.05, 4.69) is 0 Å². The minimum atomic E-state index is -1.20. The number of carbonyl (C=O) groups is 4. The molecule has 1 rings (SSSR count). The highest BCUT2D eigenvalue weighted by atomic mass is 16.7. The lowest BCUT2D eigenvalue weighted by Gasteiger charge is -2.43. The van der Waals surface area contributed by atoms with Crippen LogP contribution in [0.3, 0.4) is 0 Å². The normalized spacial score (nSPS) is 26.3. The van der Waals surface area contributed by atoms with Crippen molar-refractivity contribution in [1.82, 2.24) is 0 Å². The Labute approximate surface area is 170 Å². The number of carbonyl (C=O) groups excluding carboxylic acids is 4. The Balaban J connectivity index is 3.25. The quantitative estimate of drug-likeness (QED) is 0.378. The van der Waals surface area contributed by atoms with Crippen molar-refractivity contribution in [3.8, 4) is 0 Å². The predicted octanol–water partition coefficient (Wildman–Crippen LogP) is 1.28. The lowest BCUT2D eigenvalue weighted by atomic mass is 9.98. The first-order valence-electron chi connectivity index (χ1n) is 9.73. The summed E-state index contributed by atoms with van der Waals surface area (Å²) in [5, 5.41) is 0. The average Bonchev–Trinajstić information content (AvgIpc) is 2.73. The van der Waals surface area contributed by atoms with Gasteiger partial charge >= 0.3 is 23.9 Å². The van der Waals surface area contributed by atoms with Crippen molar-refractivity contribution >= 4 is 23.9 Å². The molecule has 0 bridgehead atoms. The molecule has 0 radical (unpaired) electrons. The summed E-state index contributed by atoms with van der Waals surface area (Å²) in [4.78, 5) is 47.5. The molecule has 5 atom stereocenters. The van der Waals surface area contributed by atoms with Crippen molar-refractivity contribution in [3.63, 3.8) is 0 Å². The largest absolute Gasteiger partial charge is 0.463 e. The molecule has 0 aromatic rings. The second kappa shape index (κ2) is 12.4. The Bertz CT molecular complexity index is 575. The van der Waals surface area contributed by atoms with Gasteiger partial charge in [0.25, 0.3) is 0 Å². The minimum Gasteiger partial charge on any atom is -0.463 e. The number of ether oxygens (including phenoxy) is 6. The molecule has 0 aliphatic carbocycles. The van der Waals surface area contributed by atoms with Gasteiger partial charge in [-0.15, -0.1) is 0 Å². The number of hydrogen-bond acceptors (Lipinski definition) is 10. The molecule has 0 unspecified atom stereocenters. The first-order chi connectivity index (χ1) is 13.8. The molecule has 1 aliphatic rings. The predicted molar refractivity (Wildman–Crippen MR) is 97.4 cm³/mol. The zero-order valence-electron chi connectivity index (χ0n) is 17.5. The van der Waals surface area contributed by atoms with Crippen molar-refractivity contribution in [2.24, 2.45) is 0 Å². The van der Waals surface area contributed by atoms with Crippen LogP contribution >= 0.6 is 0 Å². The Morgan fingerprint density at radius 1 is 0.690 bits per heavy atom. The van der Waals surface area contributed by atoms with E-state index in [9.17, 15) is 19.2 Å². The Morgan fingerprint density at radius 3 is 1.59 bits per heavy atom. The Hall–Kier alpha value is -2.20. The second-order valence-corrected chi connectivity index (χ2v) is 6.24. The number of rotatable bonds is 10. The molecule has 0 aromatic heterocycles. The van der Waals surface area contributed by atoms with E-state index >= 15 is 0 Å². The fraction of sp³-hybridized carbons (Fsp3) is 0.789. The van der Waals surface area contributed by atoms with Gasteiger partial charge in [0.2, 0.25) is 0 Å². The summed E-state index contributed by atoms with van der Waals surface area (Å²) in [6, 6.07) is 0. The molecule has 0 spiro atoms. The third-order valence-corrected chi connectivity index (χ3v) is 4.19. The Kier molecular flexibility index (Phi) is 10.6. The van der Waals surface area contributed by atoms with Crippen LogP contribution in [0.25, 0.3) is 0 Å². The summed E-state index contributed by atoms with van der Waals surface area (Å²) in [5.74, 6) is -2.23. The summed E-state index contributed by atoms with van der Waals surface area (Å²) in [7, 11) is 1.32. The maximum Gasteiger partial charge on any atom is 0.306 e. The summed E-state index contributed by atoms with van der Waals surface area (Å²) in [6.07, 6.45) is -5.33. The topological polar surface area (TPSA) is 124 Å². The van der Waals surface area contributed by atoms with Gasteiger partial charge in [0.15, 0.2) is 24.6 Å². The van der Waals surface area contributed by atoms with E-state index in [1.165, 1.54) is 7.11 Å². The van der Waals surface area contributed by atoms with E-state index in [-0.39, 0.29) is 32.3 Å². The molecule has 0 saturated carbocycles. The van der Waals surface area contributed by atoms with Crippen molar-refractivity contribution in [1.29, 1.82) is 0 Å². The van der Waals surface area contributed by atoms with Gasteiger partial charge in [-0.25, -0.2) is 0 Å². The highest BCUT2D eigenvalue weighted by Gasteiger charge is 2.52. The lowest BCUT2D eigenvalue weighted by Crippen LogP contribution is -2.63. The first kappa shape index (κ1) is 24.8. The summed E-state index contributed by atoms with van der Waals surface area (Å²) in [6.45, 7) is 6.15. The van der Waals surface area contributed by atoms with E-state index in [0.29, 0.717) is 0 Å². The van der Waals surface area contributed by atoms with Crippen molar-refractivity contribution in [3.05, 3.63) is 0 Å². The molecule has 0 aromatic carbocycles. The van der Waals surface area contributed by atoms with Crippen molar-refractivity contribution in [2.75, 3.05) is 13.7 Å². The van der Waals surface area contributed by atoms with Crippen molar-refractivity contribution < 1.29 is 47.6 Å². The van der Waals surface area contributed by atoms with Gasteiger partial charge in [0, 0.05) is 32.8 Å². The molecule has 0 N–H and O–H groups in total. The summed E-state index contributed by atoms with van der Waals surface area (Å²) >= 11 is 0. The van der Waals surface area contributed by atoms with Crippen LogP contribution in [0.2, 0.25) is 0 Å². The fourth-order valence-electron chi connectivity index (χ4n) is 2.59. The van der Waals surface area contributed by atoms with Gasteiger partial charge in [0.1, 0.15) is 12.7 Å². The van der Waals surface area contributed by atoms with Gasteiger partial charge < -0.3 is 28.4 Å². The van der Waals surface area contributed by atoms with Crippen LogP contribution in [0.15, 0.2) is 0 Å². The zero-order valence-corrected chi connectivity index (χ0v) is 17.5. The molecule has 10 nitrogen and oxygen atoms in total. The van der Waals surface area contributed by atoms with E-state index in [1.807, 2.05) is 0 Å². The smallest absolute Gasteiger partial charge is 0.306 e. The molecular formula is C19H30O10. The highest BCUT2D eigenvalue weighted by molar-refractivity contribution is 5.71. The number of hydrogen-bond donors (Lipinski definition) is 0. The lowest BCUT2D eigenvalue weighted by molar-refractivity contribution is -0.303. The van der Waals surface area contributed by atoms with E-state index in [0.717, 1.165) is 0 Å². The van der Waals surface area contributed by atoms with Crippen LogP contribution in [-0.2, 0) is 47.6 Å². The maximum atomic E-state index is 12.0. The van der Waals surface area contributed by atoms with Crippen LogP contribution in [0.1, 0.15) is 53.4 Å². The highest BCUT2D eigenvalue weighted by Crippen LogP contribution is 2.30. The summed E-state index contributed by atoms with van der Waals surface area (Å²) in [5.41, 5.74) is 0. The van der Waals surface area contributed by atoms with Gasteiger partial charge in [-0.1, -0.05) is 27.7 Å². The molecule has 10 heteroatoms. The third-order valence-electron chi connectivity index (χ3n) is 4.19. The molecule has 0 amide bonds. The van der Waals surface area contributed by atoms with E-state index < -0.39 is 54.6 Å². The van der Waals surface area contributed by atoms with Gasteiger partial charge in [-0.2, -0.15) is 0 Å². The maximum absolute atomic E-state index is 12.0. The molecular weight excluding hydrogens is 388 g/mol. The van der Waals surface area contributed by atoms with Gasteiger partial charge in [-0.3, -0.25) is 19.2 Å². The fourth-order valence-corrected chi connectivity index (χ4v) is 2.59. The summed E-state index contributed by atoms with van der Waals surface area (Å²) < 4.78 is 32.4. The van der Waals surface area contributed by atoms with Gasteiger partial charge in [-0.05, 0) is 0 Å². The van der Waals surface area contributed by atoms with Crippen LogP contribution in [0.5, 0.6) is 0 Å². The standard InChI is InChI=1S/C19H30O10/c1-6-12(20)25-10-11-16(27-13(21)7-2)17(28-14(22)8-3)18(19(24-5)26-11)29-15(23)9-4/h11,16-19H,6-10H2,1-5H3/t11-,16+,17+,18-,19-/m1/s1. The average molecular weight is 418 g/mol. The molecule has 1 aliphatic heterocycles. The molecule has 29 heavy (non-hydrogen) atoms. The number of esters is 4. The molecule has 1 saturated heterocycles. The first-order valence-corrected chi connectivity index (χ1v) is 9.73. The SMILES string of the molecule is CCC(=O)OC[C@H]1O[C@@H](OC)[C@H](OC(=O)CC)[C@@H](OC(=O)CC)[C@H]1OC(=O)CC. The molecule has 166 valence electrons. The van der Waals surface area contributed by atoms with Gasteiger partial charge in [0.05, 0.1) is 0 Å². The zero-order chi connectivity index (χ0) is 22.0. The molecule has 1 fully saturated rings. The molecule has 1 heterocycles. The Morgan fingerprint density at radius 2 is 1.14 bits per heavy atom. The third kappa shape index (κ3) is 7.28. The van der Waals surface area contributed by atoms with E-state index in [4.69, 9.17) is 28.4 Å². The van der Waals surface area contributed by atoms with Crippen LogP contribution < -0.4 is 0 Å². The van der Waals surface area contributed by atoms with Crippen LogP contribution in [0, 0.1) is 0 Å². The monoisotopic (exact) mass is 418 g/mol. The minimum absolute atomic E-state index is 0.0490.